The molecule has 0 radical (unpaired) electrons. The maximum Gasteiger partial charge on any atom is 0.158 e. The second kappa shape index (κ2) is 14.4. The van der Waals surface area contributed by atoms with Gasteiger partial charge in [0, 0.05) is 59.8 Å². The molecule has 0 atom stereocenters. The van der Waals surface area contributed by atoms with Gasteiger partial charge in [-0.15, -0.1) is 0 Å². The molecule has 1 aliphatic carbocycles. The van der Waals surface area contributed by atoms with E-state index in [-0.39, 0.29) is 12.1 Å². The Labute approximate surface area is 390 Å². The lowest BCUT2D eigenvalue weighted by Crippen LogP contribution is -2.16. The molecule has 2 N–H and O–H groups in total. The monoisotopic (exact) mass is 874 g/mol. The second-order valence-corrected chi connectivity index (χ2v) is 18.6. The average molecular weight is 875 g/mol. The van der Waals surface area contributed by atoms with E-state index in [0.29, 0.717) is 11.7 Å². The quantitative estimate of drug-likeness (QED) is 0.138. The summed E-state index contributed by atoms with van der Waals surface area (Å²) >= 11 is 0. The Morgan fingerprint density at radius 2 is 1.03 bits per heavy atom. The molecule has 13 aromatic rings. The van der Waals surface area contributed by atoms with E-state index in [0.717, 1.165) is 93.3 Å². The predicted molar refractivity (Wildman–Crippen MR) is 282 cm³/mol. The minimum absolute atomic E-state index is 0.135. The van der Waals surface area contributed by atoms with Gasteiger partial charge in [0.05, 0.1) is 11.0 Å². The highest BCUT2D eigenvalue weighted by atomic mass is 16.3. The number of furan rings is 2. The van der Waals surface area contributed by atoms with Crippen LogP contribution < -0.4 is 5.73 Å². The summed E-state index contributed by atoms with van der Waals surface area (Å²) in [6, 6.07) is 68.7. The lowest BCUT2D eigenvalue weighted by Gasteiger charge is -2.21. The smallest absolute Gasteiger partial charge is 0.158 e. The summed E-state index contributed by atoms with van der Waals surface area (Å²) in [7, 11) is 0. The molecule has 322 valence electrons. The van der Waals surface area contributed by atoms with E-state index in [4.69, 9.17) is 24.6 Å². The summed E-state index contributed by atoms with van der Waals surface area (Å²) in [4.78, 5) is 10.7. The lowest BCUT2D eigenvalue weighted by atomic mass is 9.82. The number of para-hydroxylation sites is 3. The minimum Gasteiger partial charge on any atom is -0.456 e. The maximum atomic E-state index is 7.03. The number of nitrogens with two attached hydrogens (primary N) is 1. The molecule has 0 spiro atoms. The third kappa shape index (κ3) is 5.64. The van der Waals surface area contributed by atoms with Crippen LogP contribution >= 0.6 is 0 Å². The number of nitrogens with zero attached hydrogens (tertiary/aromatic N) is 3. The molecule has 6 heteroatoms. The van der Waals surface area contributed by atoms with Gasteiger partial charge in [0.2, 0.25) is 0 Å². The van der Waals surface area contributed by atoms with Crippen molar-refractivity contribution in [3.8, 4) is 22.3 Å². The number of hydrogen-bond acceptors (Lipinski definition) is 3. The van der Waals surface area contributed by atoms with Crippen molar-refractivity contribution >= 4 is 98.9 Å². The van der Waals surface area contributed by atoms with Gasteiger partial charge in [-0.2, -0.15) is 0 Å². The summed E-state index contributed by atoms with van der Waals surface area (Å²) in [6.07, 6.45) is 0. The SMILES string of the molecule is CC1(C)c2ccc(-c3cccc4c5ccc6ccccc6c5n(C/N=C(\N=C(N)c5ccc6c(c5)oc5ccccc56)c5ccc6c(c5)oc5ccccc56)c34)cc2-c2c1ccc1ccccc21. The Morgan fingerprint density at radius 3 is 1.78 bits per heavy atom. The van der Waals surface area contributed by atoms with Crippen LogP contribution in [0.25, 0.3) is 109 Å². The topological polar surface area (TPSA) is 82.0 Å². The first-order valence-electron chi connectivity index (χ1n) is 23.2. The van der Waals surface area contributed by atoms with Gasteiger partial charge in [-0.3, -0.25) is 0 Å². The molecule has 14 rings (SSSR count). The summed E-state index contributed by atoms with van der Waals surface area (Å²) in [6.45, 7) is 4.97. The van der Waals surface area contributed by atoms with Gasteiger partial charge in [-0.05, 0) is 86.4 Å². The number of amidine groups is 2. The fourth-order valence-corrected chi connectivity index (χ4v) is 11.3. The van der Waals surface area contributed by atoms with Crippen molar-refractivity contribution < 1.29 is 8.83 Å². The van der Waals surface area contributed by atoms with Crippen LogP contribution in [0.1, 0.15) is 36.1 Å². The minimum atomic E-state index is -0.135. The van der Waals surface area contributed by atoms with E-state index in [1.165, 1.54) is 38.4 Å². The van der Waals surface area contributed by atoms with E-state index in [1.807, 2.05) is 54.6 Å². The molecule has 0 saturated carbocycles. The van der Waals surface area contributed by atoms with Gasteiger partial charge < -0.3 is 19.1 Å². The zero-order valence-electron chi connectivity index (χ0n) is 37.4. The first-order valence-corrected chi connectivity index (χ1v) is 23.2. The van der Waals surface area contributed by atoms with E-state index in [1.54, 1.807) is 0 Å². The van der Waals surface area contributed by atoms with Crippen molar-refractivity contribution in [2.45, 2.75) is 25.9 Å². The molecular formula is C62H42N4O2. The lowest BCUT2D eigenvalue weighted by molar-refractivity contribution is 0.661. The van der Waals surface area contributed by atoms with E-state index in [9.17, 15) is 0 Å². The fraction of sp³-hybridized carbons (Fsp3) is 0.0645. The summed E-state index contributed by atoms with van der Waals surface area (Å²) in [5, 5.41) is 11.4. The molecule has 0 amide bonds. The number of fused-ring (bicyclic) bond motifs is 16. The van der Waals surface area contributed by atoms with Gasteiger partial charge >= 0.3 is 0 Å². The van der Waals surface area contributed by atoms with E-state index >= 15 is 0 Å². The zero-order chi connectivity index (χ0) is 45.3. The number of benzene rings is 10. The summed E-state index contributed by atoms with van der Waals surface area (Å²) < 4.78 is 15.1. The molecule has 3 aromatic heterocycles. The molecular weight excluding hydrogens is 833 g/mol. The largest absolute Gasteiger partial charge is 0.456 e. The van der Waals surface area contributed by atoms with Crippen LogP contribution in [0.4, 0.5) is 0 Å². The standard InChI is InChI=1S/C62H42N4O2/c1-62(2)51-30-26-38(32-50(51)57-41-14-5-3-12-36(41)25-31-52(57)62)43-18-11-19-48-49-29-22-37-13-4-6-15-42(37)58(49)66(59(43)48)35-64-61(40-24-28-47-45-17-8-10-21-54(45)68-56(47)34-40)65-60(63)39-23-27-46-44-16-7-9-20-53(44)67-55(46)33-39/h3-34H,35H2,1-2H3,(H2,63,64,65). The summed E-state index contributed by atoms with van der Waals surface area (Å²) in [5.41, 5.74) is 21.4. The third-order valence-electron chi connectivity index (χ3n) is 14.5. The molecule has 10 aromatic carbocycles. The second-order valence-electron chi connectivity index (χ2n) is 18.6. The first kappa shape index (κ1) is 38.5. The van der Waals surface area contributed by atoms with Crippen LogP contribution in [0.2, 0.25) is 0 Å². The van der Waals surface area contributed by atoms with Crippen molar-refractivity contribution in [1.29, 1.82) is 0 Å². The molecule has 68 heavy (non-hydrogen) atoms. The van der Waals surface area contributed by atoms with Crippen LogP contribution in [-0.2, 0) is 12.1 Å². The van der Waals surface area contributed by atoms with Gasteiger partial charge in [-0.25, -0.2) is 9.98 Å². The van der Waals surface area contributed by atoms with Crippen molar-refractivity contribution in [2.75, 3.05) is 0 Å². The normalized spacial score (nSPS) is 13.9. The highest BCUT2D eigenvalue weighted by Crippen LogP contribution is 2.52. The molecule has 0 aliphatic heterocycles. The molecule has 0 saturated heterocycles. The van der Waals surface area contributed by atoms with Crippen LogP contribution in [0.3, 0.4) is 0 Å². The van der Waals surface area contributed by atoms with Crippen molar-refractivity contribution in [1.82, 2.24) is 4.57 Å². The van der Waals surface area contributed by atoms with Crippen molar-refractivity contribution in [2.24, 2.45) is 15.7 Å². The zero-order valence-corrected chi connectivity index (χ0v) is 37.4. The van der Waals surface area contributed by atoms with Crippen LogP contribution in [0.15, 0.2) is 213 Å². The molecule has 1 aliphatic rings. The highest BCUT2D eigenvalue weighted by Gasteiger charge is 2.36. The Kier molecular flexibility index (Phi) is 8.15. The molecule has 3 heterocycles. The fourth-order valence-electron chi connectivity index (χ4n) is 11.3. The van der Waals surface area contributed by atoms with Crippen molar-refractivity contribution in [3.63, 3.8) is 0 Å². The third-order valence-corrected chi connectivity index (χ3v) is 14.5. The molecule has 0 bridgehead atoms. The van der Waals surface area contributed by atoms with Crippen LogP contribution in [0, 0.1) is 0 Å². The highest BCUT2D eigenvalue weighted by molar-refractivity contribution is 6.21. The van der Waals surface area contributed by atoms with E-state index in [2.05, 4.69) is 158 Å². The number of rotatable bonds is 5. The maximum absolute atomic E-state index is 7.03. The molecule has 0 fully saturated rings. The van der Waals surface area contributed by atoms with Gasteiger partial charge in [0.15, 0.2) is 5.84 Å². The average Bonchev–Trinajstić information content (AvgIpc) is 4.11. The summed E-state index contributed by atoms with van der Waals surface area (Å²) in [5.74, 6) is 0.823. The van der Waals surface area contributed by atoms with Gasteiger partial charge in [0.25, 0.3) is 0 Å². The van der Waals surface area contributed by atoms with Crippen molar-refractivity contribution in [3.05, 3.63) is 216 Å². The number of hydrogen-bond donors (Lipinski definition) is 1. The first-order chi connectivity index (χ1) is 33.4. The Hall–Kier alpha value is -8.74. The van der Waals surface area contributed by atoms with Crippen LogP contribution in [-0.4, -0.2) is 16.2 Å². The van der Waals surface area contributed by atoms with Crippen LogP contribution in [0.5, 0.6) is 0 Å². The van der Waals surface area contributed by atoms with Gasteiger partial charge in [-0.1, -0.05) is 166 Å². The Balaban J connectivity index is 0.986. The predicted octanol–water partition coefficient (Wildman–Crippen LogP) is 15.7. The molecule has 0 unspecified atom stereocenters. The number of aliphatic imine (C=N–C) groups is 2. The number of aromatic nitrogens is 1. The van der Waals surface area contributed by atoms with E-state index < -0.39 is 0 Å². The van der Waals surface area contributed by atoms with Gasteiger partial charge in [0.1, 0.15) is 34.8 Å². The Morgan fingerprint density at radius 1 is 0.471 bits per heavy atom. The molecule has 6 nitrogen and oxygen atoms in total. The Bertz CT molecular complexity index is 4350.